The fourth-order valence-electron chi connectivity index (χ4n) is 1.10. The molecule has 0 amide bonds. The molecule has 0 radical (unpaired) electrons. The maximum Gasteiger partial charge on any atom is 0.194 e. The average molecular weight is 205 g/mol. The first-order valence-electron chi connectivity index (χ1n) is 4.28. The Morgan fingerprint density at radius 3 is 2.47 bits per heavy atom. The van der Waals surface area contributed by atoms with Crippen molar-refractivity contribution in [3.63, 3.8) is 0 Å². The average Bonchev–Trinajstić information content (AvgIpc) is 2.81. The second-order valence-corrected chi connectivity index (χ2v) is 2.57. The van der Waals surface area contributed by atoms with Crippen LogP contribution in [0.3, 0.4) is 0 Å². The molecule has 2 rings (SSSR count). The van der Waals surface area contributed by atoms with Crippen LogP contribution >= 0.6 is 0 Å². The van der Waals surface area contributed by atoms with Gasteiger partial charge in [0.1, 0.15) is 5.82 Å². The van der Waals surface area contributed by atoms with Crippen molar-refractivity contribution in [1.29, 1.82) is 0 Å². The van der Waals surface area contributed by atoms with Gasteiger partial charge in [-0.3, -0.25) is 0 Å². The monoisotopic (exact) mass is 205 g/mol. The van der Waals surface area contributed by atoms with Crippen LogP contribution in [0.4, 0.5) is 5.82 Å². The van der Waals surface area contributed by atoms with Crippen molar-refractivity contribution >= 4 is 5.82 Å². The molecule has 0 aliphatic rings. The second kappa shape index (κ2) is 5.66. The SMILES string of the molecule is CO.O=Nc1cnc(-c2ccccc2)[nH]1. The Morgan fingerprint density at radius 2 is 1.93 bits per heavy atom. The number of hydrogen-bond donors (Lipinski definition) is 2. The smallest absolute Gasteiger partial charge is 0.194 e. The first-order valence-corrected chi connectivity index (χ1v) is 4.28. The Bertz CT molecular complexity index is 412. The Hall–Kier alpha value is -2.01. The third kappa shape index (κ3) is 2.72. The van der Waals surface area contributed by atoms with Gasteiger partial charge in [0.2, 0.25) is 0 Å². The van der Waals surface area contributed by atoms with Gasteiger partial charge in [0, 0.05) is 12.7 Å². The van der Waals surface area contributed by atoms with E-state index in [-0.39, 0.29) is 5.82 Å². The van der Waals surface area contributed by atoms with E-state index in [1.807, 2.05) is 30.3 Å². The molecule has 1 aromatic heterocycles. The molecule has 0 unspecified atom stereocenters. The molecule has 5 heteroatoms. The van der Waals surface area contributed by atoms with Crippen LogP contribution < -0.4 is 0 Å². The number of nitroso groups, excluding NO2 is 1. The molecule has 0 aliphatic carbocycles. The van der Waals surface area contributed by atoms with Crippen LogP contribution in [0.25, 0.3) is 11.4 Å². The van der Waals surface area contributed by atoms with Crippen molar-refractivity contribution in [2.75, 3.05) is 7.11 Å². The van der Waals surface area contributed by atoms with E-state index in [1.165, 1.54) is 6.20 Å². The van der Waals surface area contributed by atoms with Gasteiger partial charge in [-0.15, -0.1) is 4.91 Å². The molecular weight excluding hydrogens is 194 g/mol. The number of imidazole rings is 1. The lowest BCUT2D eigenvalue weighted by Crippen LogP contribution is -1.77. The van der Waals surface area contributed by atoms with E-state index < -0.39 is 0 Å². The summed E-state index contributed by atoms with van der Waals surface area (Å²) in [5, 5.41) is 9.75. The molecule has 2 N–H and O–H groups in total. The van der Waals surface area contributed by atoms with Gasteiger partial charge in [-0.2, -0.15) is 0 Å². The molecule has 0 fully saturated rings. The lowest BCUT2D eigenvalue weighted by atomic mass is 10.2. The number of benzene rings is 1. The van der Waals surface area contributed by atoms with Gasteiger partial charge in [0.15, 0.2) is 5.82 Å². The summed E-state index contributed by atoms with van der Waals surface area (Å²) in [5.41, 5.74) is 0.942. The number of nitrogens with zero attached hydrogens (tertiary/aromatic N) is 2. The van der Waals surface area contributed by atoms with Gasteiger partial charge in [-0.25, -0.2) is 4.98 Å². The van der Waals surface area contributed by atoms with E-state index in [2.05, 4.69) is 15.1 Å². The summed E-state index contributed by atoms with van der Waals surface area (Å²) in [4.78, 5) is 16.9. The van der Waals surface area contributed by atoms with E-state index in [4.69, 9.17) is 5.11 Å². The van der Waals surface area contributed by atoms with E-state index in [9.17, 15) is 4.91 Å². The highest BCUT2D eigenvalue weighted by Gasteiger charge is 2.01. The van der Waals surface area contributed by atoms with Crippen molar-refractivity contribution < 1.29 is 5.11 Å². The topological polar surface area (TPSA) is 78.3 Å². The molecule has 2 aromatic rings. The Morgan fingerprint density at radius 1 is 1.27 bits per heavy atom. The molecule has 0 aliphatic heterocycles. The molecular formula is C10H11N3O2. The molecule has 0 atom stereocenters. The fourth-order valence-corrected chi connectivity index (χ4v) is 1.10. The normalized spacial score (nSPS) is 8.93. The second-order valence-electron chi connectivity index (χ2n) is 2.57. The molecule has 1 aromatic carbocycles. The molecule has 0 spiro atoms. The predicted octanol–water partition coefficient (Wildman–Crippen LogP) is 2.08. The third-order valence-corrected chi connectivity index (χ3v) is 1.71. The minimum Gasteiger partial charge on any atom is -0.400 e. The van der Waals surface area contributed by atoms with E-state index >= 15 is 0 Å². The van der Waals surface area contributed by atoms with Crippen LogP contribution in [0, 0.1) is 4.91 Å². The molecule has 15 heavy (non-hydrogen) atoms. The van der Waals surface area contributed by atoms with Crippen molar-refractivity contribution in [3.05, 3.63) is 41.4 Å². The lowest BCUT2D eigenvalue weighted by molar-refractivity contribution is 0.399. The van der Waals surface area contributed by atoms with Crippen LogP contribution in [0.15, 0.2) is 41.7 Å². The minimum atomic E-state index is 0.249. The highest BCUT2D eigenvalue weighted by Crippen LogP contribution is 2.17. The first kappa shape index (κ1) is 11.1. The van der Waals surface area contributed by atoms with Crippen LogP contribution in [0.1, 0.15) is 0 Å². The first-order chi connectivity index (χ1) is 7.40. The standard InChI is InChI=1S/C9H7N3O.CH4O/c13-12-8-6-10-9(11-8)7-4-2-1-3-5-7;1-2/h1-6H,(H,10,11);2H,1H3. The van der Waals surface area contributed by atoms with Crippen molar-refractivity contribution in [3.8, 4) is 11.4 Å². The highest BCUT2D eigenvalue weighted by atomic mass is 16.3. The lowest BCUT2D eigenvalue weighted by Gasteiger charge is -1.93. The summed E-state index contributed by atoms with van der Waals surface area (Å²) in [6, 6.07) is 9.56. The Kier molecular flexibility index (Phi) is 4.18. The van der Waals surface area contributed by atoms with Gasteiger partial charge in [0.25, 0.3) is 0 Å². The maximum atomic E-state index is 10.1. The van der Waals surface area contributed by atoms with Gasteiger partial charge in [0.05, 0.1) is 6.20 Å². The molecule has 0 saturated heterocycles. The van der Waals surface area contributed by atoms with Crippen LogP contribution in [-0.4, -0.2) is 22.2 Å². The summed E-state index contributed by atoms with van der Waals surface area (Å²) in [7, 11) is 1.00. The summed E-state index contributed by atoms with van der Waals surface area (Å²) in [5.74, 6) is 0.911. The zero-order valence-electron chi connectivity index (χ0n) is 8.21. The van der Waals surface area contributed by atoms with Gasteiger partial charge >= 0.3 is 0 Å². The highest BCUT2D eigenvalue weighted by molar-refractivity contribution is 5.56. The van der Waals surface area contributed by atoms with Gasteiger partial charge < -0.3 is 10.1 Å². The zero-order valence-corrected chi connectivity index (χ0v) is 8.21. The largest absolute Gasteiger partial charge is 0.400 e. The van der Waals surface area contributed by atoms with Gasteiger partial charge in [-0.05, 0) is 5.18 Å². The predicted molar refractivity (Wildman–Crippen MR) is 57.6 cm³/mol. The van der Waals surface area contributed by atoms with Crippen molar-refractivity contribution in [1.82, 2.24) is 9.97 Å². The van der Waals surface area contributed by atoms with Crippen LogP contribution in [0.5, 0.6) is 0 Å². The number of aromatic nitrogens is 2. The molecule has 0 saturated carbocycles. The number of rotatable bonds is 2. The van der Waals surface area contributed by atoms with Crippen LogP contribution in [-0.2, 0) is 0 Å². The number of nitrogens with one attached hydrogen (secondary N) is 1. The summed E-state index contributed by atoms with van der Waals surface area (Å²) in [6.07, 6.45) is 1.41. The van der Waals surface area contributed by atoms with E-state index in [0.717, 1.165) is 12.7 Å². The Balaban J connectivity index is 0.000000531. The van der Waals surface area contributed by atoms with Gasteiger partial charge in [-0.1, -0.05) is 30.3 Å². The number of aromatic amines is 1. The third-order valence-electron chi connectivity index (χ3n) is 1.71. The molecule has 5 nitrogen and oxygen atoms in total. The quantitative estimate of drug-likeness (QED) is 0.737. The van der Waals surface area contributed by atoms with Crippen molar-refractivity contribution in [2.45, 2.75) is 0 Å². The summed E-state index contributed by atoms with van der Waals surface area (Å²) in [6.45, 7) is 0. The zero-order chi connectivity index (χ0) is 11.1. The Labute approximate surface area is 86.8 Å². The number of H-pyrrole nitrogens is 1. The van der Waals surface area contributed by atoms with Crippen LogP contribution in [0.2, 0.25) is 0 Å². The molecule has 0 bridgehead atoms. The minimum absolute atomic E-state index is 0.249. The van der Waals surface area contributed by atoms with E-state index in [0.29, 0.717) is 5.82 Å². The molecule has 1 heterocycles. The number of aliphatic hydroxyl groups is 1. The summed E-state index contributed by atoms with van der Waals surface area (Å²) >= 11 is 0. The van der Waals surface area contributed by atoms with E-state index in [1.54, 1.807) is 0 Å². The number of aliphatic hydroxyl groups excluding tert-OH is 1. The molecule has 78 valence electrons. The fraction of sp³-hybridized carbons (Fsp3) is 0.100. The summed E-state index contributed by atoms with van der Waals surface area (Å²) < 4.78 is 0. The number of hydrogen-bond acceptors (Lipinski definition) is 4. The van der Waals surface area contributed by atoms with Crippen molar-refractivity contribution in [2.24, 2.45) is 5.18 Å². The maximum absolute atomic E-state index is 10.1.